The molecule has 3 N–H and O–H groups in total. The van der Waals surface area contributed by atoms with Crippen LogP contribution in [-0.4, -0.2) is 47.4 Å². The van der Waals surface area contributed by atoms with Gasteiger partial charge in [0, 0.05) is 36.3 Å². The monoisotopic (exact) mass is 495 g/mol. The molecule has 0 radical (unpaired) electrons. The van der Waals surface area contributed by atoms with Crippen molar-refractivity contribution in [2.24, 2.45) is 0 Å². The fourth-order valence-electron chi connectivity index (χ4n) is 3.00. The summed E-state index contributed by atoms with van der Waals surface area (Å²) in [5.41, 5.74) is 1.85. The number of nitrogens with zero attached hydrogens (tertiary/aromatic N) is 2. The number of aromatic nitrogens is 1. The highest BCUT2D eigenvalue weighted by Gasteiger charge is 2.17. The molecule has 7 nitrogen and oxygen atoms in total. The molecule has 0 unspecified atom stereocenters. The normalized spacial score (nSPS) is 10.5. The third-order valence-electron chi connectivity index (χ3n) is 4.79. The molecule has 0 aliphatic carbocycles. The molecule has 2 amide bonds. The lowest BCUT2D eigenvalue weighted by molar-refractivity contribution is 0.102. The Bertz CT molecular complexity index is 1180. The summed E-state index contributed by atoms with van der Waals surface area (Å²) in [5, 5.41) is 14.1. The van der Waals surface area contributed by atoms with Crippen molar-refractivity contribution in [1.29, 1.82) is 5.41 Å². The number of benzene rings is 2. The number of anilines is 2. The zero-order valence-electron chi connectivity index (χ0n) is 19.2. The van der Waals surface area contributed by atoms with Crippen molar-refractivity contribution in [2.75, 3.05) is 30.5 Å². The highest BCUT2D eigenvalue weighted by Crippen LogP contribution is 2.26. The van der Waals surface area contributed by atoms with Gasteiger partial charge < -0.3 is 15.5 Å². The summed E-state index contributed by atoms with van der Waals surface area (Å²) in [6.45, 7) is 2.09. The summed E-state index contributed by atoms with van der Waals surface area (Å²) >= 11 is 7.52. The molecule has 0 fully saturated rings. The highest BCUT2D eigenvalue weighted by molar-refractivity contribution is 7.99. The van der Waals surface area contributed by atoms with Crippen molar-refractivity contribution in [2.45, 2.75) is 18.2 Å². The van der Waals surface area contributed by atoms with E-state index in [-0.39, 0.29) is 11.8 Å². The average molecular weight is 496 g/mol. The van der Waals surface area contributed by atoms with E-state index in [1.54, 1.807) is 79.3 Å². The third-order valence-corrected chi connectivity index (χ3v) is 6.22. The molecule has 2 aromatic carbocycles. The summed E-state index contributed by atoms with van der Waals surface area (Å²) in [7, 11) is 3.58. The van der Waals surface area contributed by atoms with Gasteiger partial charge in [0.05, 0.1) is 16.3 Å². The van der Waals surface area contributed by atoms with Gasteiger partial charge in [0.2, 0.25) is 0 Å². The smallest absolute Gasteiger partial charge is 0.258 e. The first-order chi connectivity index (χ1) is 16.3. The molecule has 34 heavy (non-hydrogen) atoms. The van der Waals surface area contributed by atoms with Gasteiger partial charge in [-0.05, 0) is 54.6 Å². The minimum absolute atomic E-state index is 0.331. The van der Waals surface area contributed by atoms with E-state index in [0.29, 0.717) is 39.1 Å². The topological polar surface area (TPSA) is 98.2 Å². The van der Waals surface area contributed by atoms with Crippen LogP contribution in [0, 0.1) is 5.41 Å². The maximum absolute atomic E-state index is 13.1. The van der Waals surface area contributed by atoms with Gasteiger partial charge in [-0.1, -0.05) is 30.7 Å². The second-order valence-electron chi connectivity index (χ2n) is 7.65. The Hall–Kier alpha value is -3.36. The Kier molecular flexibility index (Phi) is 8.67. The molecule has 1 aromatic heterocycles. The molecule has 0 aliphatic heterocycles. The molecule has 0 aliphatic rings. The first kappa shape index (κ1) is 25.3. The second kappa shape index (κ2) is 11.7. The van der Waals surface area contributed by atoms with Crippen molar-refractivity contribution >= 4 is 52.5 Å². The van der Waals surface area contributed by atoms with Crippen LogP contribution in [0.3, 0.4) is 0 Å². The second-order valence-corrected chi connectivity index (χ2v) is 9.25. The minimum atomic E-state index is -0.390. The Balaban J connectivity index is 1.84. The van der Waals surface area contributed by atoms with Gasteiger partial charge in [0.25, 0.3) is 11.8 Å². The van der Waals surface area contributed by atoms with Crippen LogP contribution in [0.15, 0.2) is 65.7 Å². The van der Waals surface area contributed by atoms with Gasteiger partial charge in [-0.25, -0.2) is 4.98 Å². The van der Waals surface area contributed by atoms with Gasteiger partial charge in [0.1, 0.15) is 11.7 Å². The van der Waals surface area contributed by atoms with Gasteiger partial charge in [-0.15, -0.1) is 11.8 Å². The summed E-state index contributed by atoms with van der Waals surface area (Å²) in [6.07, 6.45) is 2.45. The fraction of sp³-hybridized carbons (Fsp3) is 0.200. The third kappa shape index (κ3) is 6.59. The predicted molar refractivity (Wildman–Crippen MR) is 140 cm³/mol. The van der Waals surface area contributed by atoms with E-state index in [1.807, 2.05) is 6.07 Å². The number of halogens is 1. The number of amides is 2. The Morgan fingerprint density at radius 2 is 1.71 bits per heavy atom. The van der Waals surface area contributed by atoms with E-state index in [4.69, 9.17) is 17.0 Å². The number of hydrogen-bond donors (Lipinski definition) is 3. The van der Waals surface area contributed by atoms with Gasteiger partial charge in [0.15, 0.2) is 0 Å². The van der Waals surface area contributed by atoms with Crippen molar-refractivity contribution in [3.63, 3.8) is 0 Å². The van der Waals surface area contributed by atoms with Crippen LogP contribution < -0.4 is 10.6 Å². The molecule has 1 heterocycles. The molecule has 3 rings (SSSR count). The van der Waals surface area contributed by atoms with E-state index in [9.17, 15) is 9.59 Å². The molecular formula is C25H26ClN5O2S. The first-order valence-corrected chi connectivity index (χ1v) is 12.0. The zero-order valence-corrected chi connectivity index (χ0v) is 20.8. The molecule has 0 spiro atoms. The van der Waals surface area contributed by atoms with E-state index in [0.717, 1.165) is 17.1 Å². The van der Waals surface area contributed by atoms with Crippen LogP contribution in [0.2, 0.25) is 5.02 Å². The number of carbonyl (C=O) groups is 2. The highest BCUT2D eigenvalue weighted by atomic mass is 35.5. The summed E-state index contributed by atoms with van der Waals surface area (Å²) in [4.78, 5) is 32.7. The molecule has 0 atom stereocenters. The van der Waals surface area contributed by atoms with E-state index in [2.05, 4.69) is 22.5 Å². The summed E-state index contributed by atoms with van der Waals surface area (Å²) in [6, 6.07) is 15.4. The van der Waals surface area contributed by atoms with Crippen LogP contribution in [0.25, 0.3) is 0 Å². The van der Waals surface area contributed by atoms with Gasteiger partial charge >= 0.3 is 0 Å². The molecule has 0 saturated carbocycles. The molecule has 176 valence electrons. The van der Waals surface area contributed by atoms with Crippen molar-refractivity contribution in [3.8, 4) is 0 Å². The molecule has 0 bridgehead atoms. The minimum Gasteiger partial charge on any atom is -0.363 e. The van der Waals surface area contributed by atoms with E-state index < -0.39 is 0 Å². The molecule has 9 heteroatoms. The van der Waals surface area contributed by atoms with Crippen LogP contribution in [0.1, 0.15) is 39.6 Å². The maximum Gasteiger partial charge on any atom is 0.258 e. The number of hydrogen-bond acceptors (Lipinski definition) is 5. The van der Waals surface area contributed by atoms with Crippen LogP contribution in [0.5, 0.6) is 0 Å². The lowest BCUT2D eigenvalue weighted by atomic mass is 10.1. The Morgan fingerprint density at radius 1 is 1.00 bits per heavy atom. The Morgan fingerprint density at radius 3 is 2.32 bits per heavy atom. The van der Waals surface area contributed by atoms with Crippen molar-refractivity contribution < 1.29 is 9.59 Å². The molecule has 3 aromatic rings. The quantitative estimate of drug-likeness (QED) is 0.214. The average Bonchev–Trinajstić information content (AvgIpc) is 2.84. The largest absolute Gasteiger partial charge is 0.363 e. The summed E-state index contributed by atoms with van der Waals surface area (Å²) < 4.78 is 0. The molecular weight excluding hydrogens is 470 g/mol. The Labute approximate surface area is 208 Å². The van der Waals surface area contributed by atoms with Crippen molar-refractivity contribution in [1.82, 2.24) is 9.88 Å². The van der Waals surface area contributed by atoms with E-state index in [1.165, 1.54) is 6.20 Å². The van der Waals surface area contributed by atoms with Crippen LogP contribution >= 0.6 is 23.4 Å². The van der Waals surface area contributed by atoms with Gasteiger partial charge in [-0.3, -0.25) is 15.0 Å². The number of nitrogens with one attached hydrogen (secondary N) is 3. The summed E-state index contributed by atoms with van der Waals surface area (Å²) in [5.74, 6) is 0.883. The predicted octanol–water partition coefficient (Wildman–Crippen LogP) is 5.63. The standard InChI is InChI=1S/C25H26ClN5O2S/c1-4-13-34-19-10-11-21(20(14-19)25(33)30-22-12-9-18(26)15-28-22)29-24(32)17-7-5-16(6-8-17)23(27)31(2)3/h5-12,14-15,27H,4,13H2,1-3H3,(H,29,32)(H,28,30,33). The number of carbonyl (C=O) groups excluding carboxylic acids is 2. The molecule has 0 saturated heterocycles. The lowest BCUT2D eigenvalue weighted by Crippen LogP contribution is -2.22. The number of rotatable bonds is 8. The van der Waals surface area contributed by atoms with Gasteiger partial charge in [-0.2, -0.15) is 0 Å². The van der Waals surface area contributed by atoms with E-state index >= 15 is 0 Å². The maximum atomic E-state index is 13.1. The van der Waals surface area contributed by atoms with Crippen LogP contribution in [0.4, 0.5) is 11.5 Å². The number of thioether (sulfide) groups is 1. The fourth-order valence-corrected chi connectivity index (χ4v) is 3.91. The zero-order chi connectivity index (χ0) is 24.7. The lowest BCUT2D eigenvalue weighted by Gasteiger charge is -2.15. The van der Waals surface area contributed by atoms with Crippen molar-refractivity contribution in [3.05, 3.63) is 82.5 Å². The number of pyridine rings is 1. The number of amidine groups is 1. The SMILES string of the molecule is CCCSc1ccc(NC(=O)c2ccc(C(=N)N(C)C)cc2)c(C(=O)Nc2ccc(Cl)cn2)c1. The van der Waals surface area contributed by atoms with Crippen LogP contribution in [-0.2, 0) is 0 Å². The first-order valence-electron chi connectivity index (χ1n) is 10.7.